The predicted molar refractivity (Wildman–Crippen MR) is 110 cm³/mol. The molecule has 3 heterocycles. The van der Waals surface area contributed by atoms with Crippen LogP contribution in [0.1, 0.15) is 48.7 Å². The Balaban J connectivity index is 2.01. The van der Waals surface area contributed by atoms with Crippen molar-refractivity contribution in [2.75, 3.05) is 5.01 Å². The van der Waals surface area contributed by atoms with Crippen LogP contribution >= 0.6 is 0 Å². The van der Waals surface area contributed by atoms with Crippen LogP contribution in [0.2, 0.25) is 0 Å². The molecule has 0 unspecified atom stereocenters. The highest BCUT2D eigenvalue weighted by Crippen LogP contribution is 2.51. The second-order valence-corrected chi connectivity index (χ2v) is 10.1. The van der Waals surface area contributed by atoms with Crippen molar-refractivity contribution in [1.82, 2.24) is 4.68 Å². The van der Waals surface area contributed by atoms with E-state index in [0.29, 0.717) is 12.8 Å². The standard InChI is InChI=1S/C20H17F5N2O7S/c1-19(2)4-3-12-9-6-16(34-35(31,32)20(23,24)25)15(33-18(21)22)5-10(9)13-7-14(28)11(17(29)30)8-26(13)27(12)19/h5-8,12,18H,3-4H2,1-2H3,(H,29,30)/t12-/m1/s1. The van der Waals surface area contributed by atoms with E-state index in [0.717, 1.165) is 24.4 Å². The van der Waals surface area contributed by atoms with Crippen molar-refractivity contribution in [2.24, 2.45) is 0 Å². The number of hydrogen-bond acceptors (Lipinski definition) is 7. The first-order chi connectivity index (χ1) is 16.0. The smallest absolute Gasteiger partial charge is 0.477 e. The molecule has 1 aromatic heterocycles. The summed E-state index contributed by atoms with van der Waals surface area (Å²) in [4.78, 5) is 24.0. The van der Waals surface area contributed by atoms with Crippen LogP contribution in [0.25, 0.3) is 11.3 Å². The van der Waals surface area contributed by atoms with E-state index >= 15 is 0 Å². The van der Waals surface area contributed by atoms with E-state index in [4.69, 9.17) is 0 Å². The van der Waals surface area contributed by atoms with Gasteiger partial charge in [-0.25, -0.2) is 4.79 Å². The number of ether oxygens (including phenoxy) is 1. The summed E-state index contributed by atoms with van der Waals surface area (Å²) in [5, 5.41) is 11.1. The van der Waals surface area contributed by atoms with Crippen molar-refractivity contribution in [3.8, 4) is 22.8 Å². The van der Waals surface area contributed by atoms with Crippen molar-refractivity contribution in [2.45, 2.75) is 50.4 Å². The van der Waals surface area contributed by atoms with Crippen molar-refractivity contribution in [3.05, 3.63) is 45.7 Å². The van der Waals surface area contributed by atoms with Gasteiger partial charge in [0.05, 0.1) is 17.3 Å². The number of rotatable bonds is 5. The van der Waals surface area contributed by atoms with Gasteiger partial charge < -0.3 is 14.0 Å². The molecule has 2 aliphatic rings. The largest absolute Gasteiger partial charge is 0.534 e. The van der Waals surface area contributed by atoms with E-state index in [1.54, 1.807) is 18.9 Å². The normalized spacial score (nSPS) is 18.6. The van der Waals surface area contributed by atoms with Gasteiger partial charge >= 0.3 is 28.2 Å². The van der Waals surface area contributed by atoms with Crippen LogP contribution in [0.4, 0.5) is 22.0 Å². The van der Waals surface area contributed by atoms with E-state index in [-0.39, 0.29) is 16.8 Å². The third kappa shape index (κ3) is 4.06. The van der Waals surface area contributed by atoms with Gasteiger partial charge in [-0.2, -0.15) is 30.4 Å². The fourth-order valence-electron chi connectivity index (χ4n) is 4.43. The number of fused-ring (bicyclic) bond motifs is 6. The zero-order valence-corrected chi connectivity index (χ0v) is 18.8. The molecule has 9 nitrogen and oxygen atoms in total. The second kappa shape index (κ2) is 7.83. The maximum absolute atomic E-state index is 13.0. The molecule has 0 bridgehead atoms. The molecule has 0 aliphatic carbocycles. The number of halogens is 5. The van der Waals surface area contributed by atoms with E-state index in [1.165, 1.54) is 4.68 Å². The number of carbonyl (C=O) groups is 1. The lowest BCUT2D eigenvalue weighted by Crippen LogP contribution is -2.50. The quantitative estimate of drug-likeness (QED) is 0.359. The molecule has 2 aromatic rings. The number of aromatic nitrogens is 1. The highest BCUT2D eigenvalue weighted by atomic mass is 32.2. The molecule has 0 amide bonds. The van der Waals surface area contributed by atoms with E-state index < -0.39 is 62.3 Å². The lowest BCUT2D eigenvalue weighted by atomic mass is 9.93. The predicted octanol–water partition coefficient (Wildman–Crippen LogP) is 3.61. The average Bonchev–Trinajstić information content (AvgIpc) is 3.02. The highest BCUT2D eigenvalue weighted by molar-refractivity contribution is 7.88. The van der Waals surface area contributed by atoms with Crippen LogP contribution in [0, 0.1) is 0 Å². The topological polar surface area (TPSA) is 115 Å². The van der Waals surface area contributed by atoms with Gasteiger partial charge in [-0.1, -0.05) is 0 Å². The number of aromatic carboxylic acids is 1. The molecule has 15 heteroatoms. The Hall–Kier alpha value is -3.36. The second-order valence-electron chi connectivity index (χ2n) is 8.55. The maximum Gasteiger partial charge on any atom is 0.534 e. The third-order valence-electron chi connectivity index (χ3n) is 5.89. The number of carboxylic acid groups (broad SMARTS) is 1. The van der Waals surface area contributed by atoms with Crippen LogP contribution in [-0.2, 0) is 10.1 Å². The summed E-state index contributed by atoms with van der Waals surface area (Å²) in [6.45, 7) is 0.0614. The Morgan fingerprint density at radius 1 is 1.20 bits per heavy atom. The number of alkyl halides is 5. The van der Waals surface area contributed by atoms with Crippen molar-refractivity contribution in [1.29, 1.82) is 0 Å². The average molecular weight is 524 g/mol. The maximum atomic E-state index is 13.0. The number of benzene rings is 1. The molecule has 4 rings (SSSR count). The number of hydrogen-bond donors (Lipinski definition) is 1. The fourth-order valence-corrected chi connectivity index (χ4v) is 4.89. The van der Waals surface area contributed by atoms with Gasteiger partial charge in [0.1, 0.15) is 5.56 Å². The summed E-state index contributed by atoms with van der Waals surface area (Å²) < 4.78 is 97.8. The molecule has 1 atom stereocenters. The molecule has 0 spiro atoms. The third-order valence-corrected chi connectivity index (χ3v) is 6.85. The van der Waals surface area contributed by atoms with Crippen LogP contribution in [0.3, 0.4) is 0 Å². The molecule has 0 saturated carbocycles. The minimum absolute atomic E-state index is 0.0468. The van der Waals surface area contributed by atoms with Gasteiger partial charge in [-0.3, -0.25) is 14.5 Å². The van der Waals surface area contributed by atoms with Crippen molar-refractivity contribution < 1.29 is 49.2 Å². The Labute approximate surface area is 194 Å². The molecule has 0 radical (unpaired) electrons. The molecule has 35 heavy (non-hydrogen) atoms. The van der Waals surface area contributed by atoms with Gasteiger partial charge in [0.15, 0.2) is 16.9 Å². The molecule has 1 saturated heterocycles. The van der Waals surface area contributed by atoms with Crippen molar-refractivity contribution in [3.63, 3.8) is 0 Å². The van der Waals surface area contributed by atoms with Gasteiger partial charge in [-0.05, 0) is 44.4 Å². The Morgan fingerprint density at radius 3 is 2.43 bits per heavy atom. The lowest BCUT2D eigenvalue weighted by molar-refractivity contribution is -0.0536. The minimum atomic E-state index is -6.22. The summed E-state index contributed by atoms with van der Waals surface area (Å²) in [6.07, 6.45) is 1.97. The van der Waals surface area contributed by atoms with Crippen molar-refractivity contribution >= 4 is 16.1 Å². The van der Waals surface area contributed by atoms with Crippen LogP contribution in [0.5, 0.6) is 11.5 Å². The van der Waals surface area contributed by atoms with E-state index in [1.807, 2.05) is 0 Å². The molecule has 2 aliphatic heterocycles. The van der Waals surface area contributed by atoms with Gasteiger partial charge in [0.25, 0.3) is 0 Å². The number of carboxylic acids is 1. The van der Waals surface area contributed by atoms with E-state index in [2.05, 4.69) is 8.92 Å². The lowest BCUT2D eigenvalue weighted by Gasteiger charge is -2.44. The van der Waals surface area contributed by atoms with Gasteiger partial charge in [0, 0.05) is 17.8 Å². The molecule has 1 N–H and O–H groups in total. The molecule has 1 aromatic carbocycles. The summed E-state index contributed by atoms with van der Waals surface area (Å²) in [5.41, 5.74) is -7.64. The fraction of sp³-hybridized carbons (Fsp3) is 0.400. The molecule has 1 fully saturated rings. The first-order valence-electron chi connectivity index (χ1n) is 9.97. The number of pyridine rings is 1. The molecular formula is C20H17F5N2O7S. The number of nitrogens with zero attached hydrogens (tertiary/aromatic N) is 2. The summed E-state index contributed by atoms with van der Waals surface area (Å²) in [5.74, 6) is -3.62. The van der Waals surface area contributed by atoms with Gasteiger partial charge in [-0.15, -0.1) is 0 Å². The zero-order valence-electron chi connectivity index (χ0n) is 18.0. The first-order valence-corrected chi connectivity index (χ1v) is 11.4. The van der Waals surface area contributed by atoms with Crippen LogP contribution in [-0.4, -0.2) is 41.8 Å². The Morgan fingerprint density at radius 2 is 1.86 bits per heavy atom. The van der Waals surface area contributed by atoms with E-state index in [9.17, 15) is 45.1 Å². The van der Waals surface area contributed by atoms with Crippen LogP contribution < -0.4 is 19.4 Å². The highest BCUT2D eigenvalue weighted by Gasteiger charge is 2.50. The summed E-state index contributed by atoms with van der Waals surface area (Å²) in [7, 11) is -6.22. The Bertz CT molecular complexity index is 1390. The summed E-state index contributed by atoms with van der Waals surface area (Å²) >= 11 is 0. The summed E-state index contributed by atoms with van der Waals surface area (Å²) in [6, 6.07) is 2.01. The van der Waals surface area contributed by atoms with Gasteiger partial charge in [0.2, 0.25) is 0 Å². The Kier molecular flexibility index (Phi) is 5.54. The molecular weight excluding hydrogens is 507 g/mol. The molecule has 190 valence electrons. The monoisotopic (exact) mass is 524 g/mol. The van der Waals surface area contributed by atoms with Crippen LogP contribution in [0.15, 0.2) is 29.2 Å². The zero-order chi connectivity index (χ0) is 26.1. The SMILES string of the molecule is CC1(C)CC[C@@H]2c3cc(OS(=O)(=O)C(F)(F)F)c(OC(F)F)cc3-c3cc(=O)c(C(=O)O)cn3N21. The minimum Gasteiger partial charge on any atom is -0.477 e. The first kappa shape index (κ1) is 24.8.